The van der Waals surface area contributed by atoms with Gasteiger partial charge in [0.1, 0.15) is 0 Å². The Bertz CT molecular complexity index is 248. The molecular formula is C10H18N2. The van der Waals surface area contributed by atoms with E-state index in [1.807, 2.05) is 6.20 Å². The molecule has 0 N–H and O–H groups in total. The van der Waals surface area contributed by atoms with Crippen molar-refractivity contribution in [2.75, 3.05) is 0 Å². The molecule has 2 heteroatoms. The number of nitrogens with zero attached hydrogens (tertiary/aromatic N) is 2. The summed E-state index contributed by atoms with van der Waals surface area (Å²) in [5.74, 6) is 0.674. The zero-order chi connectivity index (χ0) is 9.14. The van der Waals surface area contributed by atoms with Crippen molar-refractivity contribution in [3.63, 3.8) is 0 Å². The summed E-state index contributed by atoms with van der Waals surface area (Å²) in [4.78, 5) is 0. The second-order valence-corrected chi connectivity index (χ2v) is 3.68. The molecule has 0 saturated heterocycles. The van der Waals surface area contributed by atoms with Gasteiger partial charge < -0.3 is 0 Å². The summed E-state index contributed by atoms with van der Waals surface area (Å²) in [6.45, 7) is 9.78. The van der Waals surface area contributed by atoms with E-state index in [4.69, 9.17) is 0 Å². The number of rotatable bonds is 3. The van der Waals surface area contributed by atoms with Gasteiger partial charge in [-0.3, -0.25) is 4.68 Å². The van der Waals surface area contributed by atoms with Crippen molar-refractivity contribution in [3.05, 3.63) is 17.5 Å². The van der Waals surface area contributed by atoms with E-state index in [0.29, 0.717) is 5.92 Å². The summed E-state index contributed by atoms with van der Waals surface area (Å²) >= 11 is 0. The van der Waals surface area contributed by atoms with E-state index in [-0.39, 0.29) is 0 Å². The van der Waals surface area contributed by atoms with Crippen molar-refractivity contribution >= 4 is 0 Å². The van der Waals surface area contributed by atoms with E-state index >= 15 is 0 Å². The molecule has 0 aliphatic rings. The third-order valence-corrected chi connectivity index (χ3v) is 2.12. The highest BCUT2D eigenvalue weighted by atomic mass is 15.3. The van der Waals surface area contributed by atoms with Gasteiger partial charge in [-0.2, -0.15) is 5.10 Å². The Hall–Kier alpha value is -0.790. The van der Waals surface area contributed by atoms with E-state index in [0.717, 1.165) is 13.0 Å². The highest BCUT2D eigenvalue weighted by molar-refractivity contribution is 5.15. The Labute approximate surface area is 74.6 Å². The van der Waals surface area contributed by atoms with Crippen molar-refractivity contribution in [1.82, 2.24) is 9.78 Å². The molecule has 0 radical (unpaired) electrons. The van der Waals surface area contributed by atoms with E-state index in [1.165, 1.54) is 11.3 Å². The second-order valence-electron chi connectivity index (χ2n) is 3.68. The van der Waals surface area contributed by atoms with Crippen molar-refractivity contribution in [2.24, 2.45) is 5.92 Å². The van der Waals surface area contributed by atoms with Crippen LogP contribution < -0.4 is 0 Å². The minimum atomic E-state index is 0.674. The zero-order valence-corrected chi connectivity index (χ0v) is 8.46. The first-order valence-corrected chi connectivity index (χ1v) is 4.66. The molecule has 1 aromatic heterocycles. The number of aromatic nitrogens is 2. The van der Waals surface area contributed by atoms with Crippen LogP contribution >= 0.6 is 0 Å². The first-order chi connectivity index (χ1) is 5.65. The number of aryl methyl sites for hydroxylation is 1. The first-order valence-electron chi connectivity index (χ1n) is 4.66. The summed E-state index contributed by atoms with van der Waals surface area (Å²) in [6.07, 6.45) is 3.07. The first kappa shape index (κ1) is 9.30. The maximum absolute atomic E-state index is 4.34. The fraction of sp³-hybridized carbons (Fsp3) is 0.700. The average molecular weight is 166 g/mol. The molecule has 0 aliphatic heterocycles. The lowest BCUT2D eigenvalue weighted by Crippen LogP contribution is -2.07. The lowest BCUT2D eigenvalue weighted by molar-refractivity contribution is 0.474. The fourth-order valence-corrected chi connectivity index (χ4v) is 1.36. The van der Waals surface area contributed by atoms with Crippen LogP contribution in [0.2, 0.25) is 0 Å². The summed E-state index contributed by atoms with van der Waals surface area (Å²) in [5.41, 5.74) is 2.70. The summed E-state index contributed by atoms with van der Waals surface area (Å²) in [7, 11) is 0. The smallest absolute Gasteiger partial charge is 0.0524 e. The summed E-state index contributed by atoms with van der Waals surface area (Å²) in [5, 5.41) is 4.34. The lowest BCUT2D eigenvalue weighted by Gasteiger charge is -2.07. The minimum absolute atomic E-state index is 0.674. The van der Waals surface area contributed by atoms with Crippen LogP contribution in [0, 0.1) is 12.8 Å². The molecule has 0 aromatic carbocycles. The summed E-state index contributed by atoms with van der Waals surface area (Å²) < 4.78 is 2.10. The molecule has 0 spiro atoms. The molecule has 0 unspecified atom stereocenters. The quantitative estimate of drug-likeness (QED) is 0.674. The Balaban J connectivity index is 2.80. The molecule has 0 saturated carbocycles. The third-order valence-electron chi connectivity index (χ3n) is 2.12. The highest BCUT2D eigenvalue weighted by Crippen LogP contribution is 2.09. The van der Waals surface area contributed by atoms with Gasteiger partial charge in [-0.25, -0.2) is 0 Å². The Morgan fingerprint density at radius 2 is 2.17 bits per heavy atom. The van der Waals surface area contributed by atoms with Crippen molar-refractivity contribution in [3.8, 4) is 0 Å². The van der Waals surface area contributed by atoms with Crippen molar-refractivity contribution in [1.29, 1.82) is 0 Å². The lowest BCUT2D eigenvalue weighted by atomic mass is 10.2. The number of hydrogen-bond acceptors (Lipinski definition) is 1. The monoisotopic (exact) mass is 166 g/mol. The normalized spacial score (nSPS) is 11.1. The Kier molecular flexibility index (Phi) is 2.90. The molecule has 0 amide bonds. The van der Waals surface area contributed by atoms with Crippen molar-refractivity contribution in [2.45, 2.75) is 40.7 Å². The third kappa shape index (κ3) is 1.87. The molecule has 1 aromatic rings. The maximum Gasteiger partial charge on any atom is 0.0524 e. The van der Waals surface area contributed by atoms with Crippen LogP contribution in [0.5, 0.6) is 0 Å². The molecular weight excluding hydrogens is 148 g/mol. The van der Waals surface area contributed by atoms with Crippen LogP contribution in [-0.2, 0) is 13.0 Å². The van der Waals surface area contributed by atoms with E-state index in [2.05, 4.69) is 37.5 Å². The highest BCUT2D eigenvalue weighted by Gasteiger charge is 2.04. The molecule has 68 valence electrons. The van der Waals surface area contributed by atoms with Crippen LogP contribution in [0.15, 0.2) is 6.20 Å². The van der Waals surface area contributed by atoms with Gasteiger partial charge in [0.15, 0.2) is 0 Å². The van der Waals surface area contributed by atoms with Crippen molar-refractivity contribution < 1.29 is 0 Å². The standard InChI is InChI=1S/C10H18N2/c1-5-10-6-11-12(9(10)4)7-8(2)3/h6,8H,5,7H2,1-4H3. The predicted octanol–water partition coefficient (Wildman–Crippen LogP) is 2.41. The van der Waals surface area contributed by atoms with Gasteiger partial charge in [-0.05, 0) is 24.8 Å². The zero-order valence-electron chi connectivity index (χ0n) is 8.46. The number of hydrogen-bond donors (Lipinski definition) is 0. The van der Waals surface area contributed by atoms with Crippen LogP contribution in [0.1, 0.15) is 32.0 Å². The van der Waals surface area contributed by atoms with Gasteiger partial charge in [0.05, 0.1) is 6.20 Å². The molecule has 0 aliphatic carbocycles. The molecule has 1 heterocycles. The largest absolute Gasteiger partial charge is 0.269 e. The second kappa shape index (κ2) is 3.74. The van der Waals surface area contributed by atoms with E-state index < -0.39 is 0 Å². The Morgan fingerprint density at radius 3 is 2.58 bits per heavy atom. The van der Waals surface area contributed by atoms with Gasteiger partial charge in [0.25, 0.3) is 0 Å². The average Bonchev–Trinajstić information content (AvgIpc) is 2.32. The Morgan fingerprint density at radius 1 is 1.50 bits per heavy atom. The van der Waals surface area contributed by atoms with Gasteiger partial charge >= 0.3 is 0 Å². The molecule has 0 fully saturated rings. The van der Waals surface area contributed by atoms with Gasteiger partial charge in [0.2, 0.25) is 0 Å². The molecule has 2 nitrogen and oxygen atoms in total. The minimum Gasteiger partial charge on any atom is -0.269 e. The van der Waals surface area contributed by atoms with Gasteiger partial charge in [0, 0.05) is 12.2 Å². The predicted molar refractivity (Wildman–Crippen MR) is 51.2 cm³/mol. The van der Waals surface area contributed by atoms with Crippen LogP contribution in [-0.4, -0.2) is 9.78 Å². The molecule has 12 heavy (non-hydrogen) atoms. The fourth-order valence-electron chi connectivity index (χ4n) is 1.36. The van der Waals surface area contributed by atoms with Crippen LogP contribution in [0.25, 0.3) is 0 Å². The van der Waals surface area contributed by atoms with Gasteiger partial charge in [-0.15, -0.1) is 0 Å². The van der Waals surface area contributed by atoms with E-state index in [1.54, 1.807) is 0 Å². The van der Waals surface area contributed by atoms with E-state index in [9.17, 15) is 0 Å². The topological polar surface area (TPSA) is 17.8 Å². The molecule has 0 bridgehead atoms. The van der Waals surface area contributed by atoms with Crippen LogP contribution in [0.4, 0.5) is 0 Å². The van der Waals surface area contributed by atoms with Gasteiger partial charge in [-0.1, -0.05) is 20.8 Å². The molecule has 1 rings (SSSR count). The summed E-state index contributed by atoms with van der Waals surface area (Å²) in [6, 6.07) is 0. The van der Waals surface area contributed by atoms with Crippen LogP contribution in [0.3, 0.4) is 0 Å². The maximum atomic E-state index is 4.34. The molecule has 0 atom stereocenters. The SMILES string of the molecule is CCc1cnn(CC(C)C)c1C.